The van der Waals surface area contributed by atoms with Gasteiger partial charge in [-0.05, 0) is 51.5 Å². The number of carbonyl (C=O) groups is 1. The molecule has 126 valence electrons. The number of hydrogen-bond donors (Lipinski definition) is 1. The average Bonchev–Trinajstić information content (AvgIpc) is 2.90. The van der Waals surface area contributed by atoms with Crippen molar-refractivity contribution in [2.75, 3.05) is 19.3 Å². The van der Waals surface area contributed by atoms with Crippen LogP contribution in [0.2, 0.25) is 0 Å². The first-order valence-corrected chi connectivity index (χ1v) is 10.4. The molecule has 1 N–H and O–H groups in total. The van der Waals surface area contributed by atoms with Crippen molar-refractivity contribution in [1.29, 1.82) is 0 Å². The molecule has 6 heteroatoms. The molecular weight excluding hydrogens is 300 g/mol. The van der Waals surface area contributed by atoms with Gasteiger partial charge in [-0.2, -0.15) is 0 Å². The van der Waals surface area contributed by atoms with Crippen LogP contribution >= 0.6 is 0 Å². The van der Waals surface area contributed by atoms with Gasteiger partial charge in [0.1, 0.15) is 0 Å². The minimum absolute atomic E-state index is 0.123. The molecule has 2 aliphatic heterocycles. The first kappa shape index (κ1) is 16.2. The van der Waals surface area contributed by atoms with Gasteiger partial charge in [-0.1, -0.05) is 12.8 Å². The van der Waals surface area contributed by atoms with E-state index in [-0.39, 0.29) is 23.2 Å². The number of nitrogens with zero attached hydrogens (tertiary/aromatic N) is 1. The lowest BCUT2D eigenvalue weighted by atomic mass is 9.97. The van der Waals surface area contributed by atoms with Crippen LogP contribution in [0.4, 0.5) is 0 Å². The van der Waals surface area contributed by atoms with E-state index in [1.54, 1.807) is 0 Å². The van der Waals surface area contributed by atoms with Gasteiger partial charge in [-0.15, -0.1) is 0 Å². The van der Waals surface area contributed by atoms with E-state index >= 15 is 0 Å². The number of carbonyl (C=O) groups excluding carboxylic acids is 1. The quantitative estimate of drug-likeness (QED) is 0.849. The normalized spacial score (nSPS) is 38.6. The number of likely N-dealkylation sites (tertiary alicyclic amines) is 1. The topological polar surface area (TPSA) is 66.5 Å². The van der Waals surface area contributed by atoms with E-state index in [1.807, 2.05) is 11.9 Å². The zero-order chi connectivity index (χ0) is 15.7. The van der Waals surface area contributed by atoms with Gasteiger partial charge in [-0.25, -0.2) is 8.42 Å². The highest BCUT2D eigenvalue weighted by atomic mass is 32.2. The lowest BCUT2D eigenvalue weighted by molar-refractivity contribution is -0.135. The average molecular weight is 328 g/mol. The third-order valence-electron chi connectivity index (χ3n) is 5.89. The van der Waals surface area contributed by atoms with Gasteiger partial charge >= 0.3 is 0 Å². The molecule has 3 fully saturated rings. The molecule has 0 aromatic heterocycles. The van der Waals surface area contributed by atoms with E-state index in [0.717, 1.165) is 32.1 Å². The van der Waals surface area contributed by atoms with Crippen LogP contribution in [0, 0.1) is 5.92 Å². The molecule has 1 amide bonds. The molecule has 2 heterocycles. The molecule has 0 bridgehead atoms. The number of rotatable bonds is 3. The third-order valence-corrected chi connectivity index (χ3v) is 8.15. The number of nitrogens with one attached hydrogen (secondary N) is 1. The number of sulfone groups is 1. The van der Waals surface area contributed by atoms with E-state index in [4.69, 9.17) is 0 Å². The summed E-state index contributed by atoms with van der Waals surface area (Å²) in [6.45, 7) is 0.417. The molecule has 5 nitrogen and oxygen atoms in total. The van der Waals surface area contributed by atoms with E-state index in [2.05, 4.69) is 5.32 Å². The second kappa shape index (κ2) is 6.48. The van der Waals surface area contributed by atoms with Crippen molar-refractivity contribution in [2.24, 2.45) is 5.92 Å². The minimum Gasteiger partial charge on any atom is -0.337 e. The monoisotopic (exact) mass is 328 g/mol. The highest BCUT2D eigenvalue weighted by Crippen LogP contribution is 2.37. The first-order valence-electron chi connectivity index (χ1n) is 8.72. The molecule has 0 aromatic carbocycles. The van der Waals surface area contributed by atoms with E-state index in [0.29, 0.717) is 24.6 Å². The van der Waals surface area contributed by atoms with Gasteiger partial charge in [0.15, 0.2) is 9.84 Å². The Hall–Kier alpha value is -0.620. The summed E-state index contributed by atoms with van der Waals surface area (Å²) in [4.78, 5) is 14.8. The Morgan fingerprint density at radius 3 is 2.64 bits per heavy atom. The lowest BCUT2D eigenvalue weighted by Gasteiger charge is -2.36. The molecular formula is C16H28N2O3S. The molecule has 2 saturated heterocycles. The highest BCUT2D eigenvalue weighted by Gasteiger charge is 2.42. The predicted octanol–water partition coefficient (Wildman–Crippen LogP) is 1.33. The maximum Gasteiger partial charge on any atom is 0.239 e. The van der Waals surface area contributed by atoms with Crippen LogP contribution in [0.1, 0.15) is 51.4 Å². The van der Waals surface area contributed by atoms with Crippen molar-refractivity contribution in [3.05, 3.63) is 0 Å². The predicted molar refractivity (Wildman–Crippen MR) is 86.3 cm³/mol. The molecule has 3 rings (SSSR count). The fraction of sp³-hybridized carbons (Fsp3) is 0.938. The van der Waals surface area contributed by atoms with Crippen molar-refractivity contribution in [3.63, 3.8) is 0 Å². The SMILES string of the molecule is CNC1CCC2CCCC2N(CC2CCCCS2(=O)=O)C1=O. The van der Waals surface area contributed by atoms with Gasteiger partial charge in [0.2, 0.25) is 5.91 Å². The maximum absolute atomic E-state index is 12.9. The second-order valence-corrected chi connectivity index (χ2v) is 9.55. The molecule has 1 saturated carbocycles. The molecule has 22 heavy (non-hydrogen) atoms. The second-order valence-electron chi connectivity index (χ2n) is 7.15. The summed E-state index contributed by atoms with van der Waals surface area (Å²) in [6, 6.07) is 0.125. The Kier molecular flexibility index (Phi) is 4.78. The van der Waals surface area contributed by atoms with Gasteiger partial charge in [0.05, 0.1) is 17.0 Å². The van der Waals surface area contributed by atoms with Crippen LogP contribution in [0.25, 0.3) is 0 Å². The van der Waals surface area contributed by atoms with Crippen molar-refractivity contribution in [2.45, 2.75) is 68.7 Å². The van der Waals surface area contributed by atoms with Crippen LogP contribution in [0.5, 0.6) is 0 Å². The van der Waals surface area contributed by atoms with Gasteiger partial charge in [0.25, 0.3) is 0 Å². The number of amides is 1. The molecule has 0 radical (unpaired) electrons. The van der Waals surface area contributed by atoms with Crippen LogP contribution in [0.15, 0.2) is 0 Å². The van der Waals surface area contributed by atoms with Crippen LogP contribution in [-0.2, 0) is 14.6 Å². The number of likely N-dealkylation sites (N-methyl/N-ethyl adjacent to an activating group) is 1. The van der Waals surface area contributed by atoms with Gasteiger partial charge in [-0.3, -0.25) is 4.79 Å². The summed E-state index contributed by atoms with van der Waals surface area (Å²) in [5.74, 6) is 0.981. The Morgan fingerprint density at radius 1 is 1.09 bits per heavy atom. The highest BCUT2D eigenvalue weighted by molar-refractivity contribution is 7.92. The number of fused-ring (bicyclic) bond motifs is 1. The summed E-state index contributed by atoms with van der Waals surface area (Å²) >= 11 is 0. The third kappa shape index (κ3) is 3.04. The van der Waals surface area contributed by atoms with Crippen LogP contribution in [0.3, 0.4) is 0 Å². The molecule has 3 aliphatic rings. The van der Waals surface area contributed by atoms with Crippen molar-refractivity contribution >= 4 is 15.7 Å². The van der Waals surface area contributed by atoms with E-state index in [1.165, 1.54) is 12.8 Å². The summed E-state index contributed by atoms with van der Waals surface area (Å²) in [7, 11) is -1.19. The Labute approximate surface area is 133 Å². The minimum atomic E-state index is -3.03. The standard InChI is InChI=1S/C16H28N2O3S/c1-17-14-9-8-12-5-4-7-15(12)18(16(14)19)11-13-6-2-3-10-22(13,20)21/h12-15,17H,2-11H2,1H3. The molecule has 4 unspecified atom stereocenters. The summed E-state index contributed by atoms with van der Waals surface area (Å²) in [5.41, 5.74) is 0. The van der Waals surface area contributed by atoms with Crippen molar-refractivity contribution in [1.82, 2.24) is 10.2 Å². The molecule has 0 aromatic rings. The van der Waals surface area contributed by atoms with Crippen LogP contribution < -0.4 is 5.32 Å². The Bertz CT molecular complexity index is 519. The fourth-order valence-electron chi connectivity index (χ4n) is 4.57. The van der Waals surface area contributed by atoms with Gasteiger partial charge < -0.3 is 10.2 Å². The van der Waals surface area contributed by atoms with Crippen molar-refractivity contribution in [3.8, 4) is 0 Å². The van der Waals surface area contributed by atoms with Crippen LogP contribution in [-0.4, -0.2) is 55.9 Å². The Morgan fingerprint density at radius 2 is 1.91 bits per heavy atom. The van der Waals surface area contributed by atoms with E-state index in [9.17, 15) is 13.2 Å². The maximum atomic E-state index is 12.9. The summed E-state index contributed by atoms with van der Waals surface area (Å²) < 4.78 is 24.7. The molecule has 1 aliphatic carbocycles. The van der Waals surface area contributed by atoms with Gasteiger partial charge in [0, 0.05) is 12.6 Å². The summed E-state index contributed by atoms with van der Waals surface area (Å²) in [6.07, 6.45) is 7.81. The molecule has 4 atom stereocenters. The fourth-order valence-corrected chi connectivity index (χ4v) is 6.42. The smallest absolute Gasteiger partial charge is 0.239 e. The Balaban J connectivity index is 1.82. The lowest BCUT2D eigenvalue weighted by Crippen LogP contribution is -2.52. The zero-order valence-corrected chi connectivity index (χ0v) is 14.3. The van der Waals surface area contributed by atoms with Crippen molar-refractivity contribution < 1.29 is 13.2 Å². The summed E-state index contributed by atoms with van der Waals surface area (Å²) in [5, 5.41) is 2.78. The molecule has 0 spiro atoms. The first-order chi connectivity index (χ1) is 10.5. The van der Waals surface area contributed by atoms with E-state index < -0.39 is 9.84 Å². The zero-order valence-electron chi connectivity index (χ0n) is 13.5. The number of hydrogen-bond acceptors (Lipinski definition) is 4. The largest absolute Gasteiger partial charge is 0.337 e.